The van der Waals surface area contributed by atoms with E-state index in [2.05, 4.69) is 0 Å². The Labute approximate surface area is 156 Å². The molecule has 0 spiro atoms. The Hall–Kier alpha value is -2.79. The SMILES string of the molecule is N#CC1=C(N)SC(C(=O)c2ccc(F)cc2)C1c1ccccc1C(F)(F)F. The molecule has 1 heterocycles. The van der Waals surface area contributed by atoms with Crippen LogP contribution in [0.2, 0.25) is 0 Å². The Kier molecular flexibility index (Phi) is 4.98. The fraction of sp³-hybridized carbons (Fsp3) is 0.158. The van der Waals surface area contributed by atoms with Crippen LogP contribution in [0.5, 0.6) is 0 Å². The Morgan fingerprint density at radius 3 is 2.33 bits per heavy atom. The van der Waals surface area contributed by atoms with E-state index in [1.807, 2.05) is 6.07 Å². The standard InChI is InChI=1S/C19H12F4N2OS/c20-11-7-5-10(6-8-11)16(26)17-15(13(9-24)18(25)27-17)12-3-1-2-4-14(12)19(21,22)23/h1-8,15,17H,25H2. The molecule has 3 rings (SSSR count). The third-order valence-electron chi connectivity index (χ3n) is 4.24. The molecule has 2 aromatic rings. The highest BCUT2D eigenvalue weighted by molar-refractivity contribution is 8.04. The number of halogens is 4. The first-order chi connectivity index (χ1) is 12.7. The minimum absolute atomic E-state index is 0.0138. The zero-order chi connectivity index (χ0) is 19.8. The number of carbonyl (C=O) groups excluding carboxylic acids is 1. The van der Waals surface area contributed by atoms with Crippen molar-refractivity contribution in [2.45, 2.75) is 17.3 Å². The summed E-state index contributed by atoms with van der Waals surface area (Å²) in [6, 6.07) is 11.3. The van der Waals surface area contributed by atoms with Gasteiger partial charge in [0.05, 0.1) is 27.5 Å². The molecule has 1 aliphatic rings. The summed E-state index contributed by atoms with van der Waals surface area (Å²) in [7, 11) is 0. The van der Waals surface area contributed by atoms with Crippen molar-refractivity contribution in [3.05, 3.63) is 81.6 Å². The third-order valence-corrected chi connectivity index (χ3v) is 5.46. The maximum atomic E-state index is 13.5. The highest BCUT2D eigenvalue weighted by atomic mass is 32.2. The summed E-state index contributed by atoms with van der Waals surface area (Å²) in [6.45, 7) is 0. The van der Waals surface area contributed by atoms with Gasteiger partial charge in [-0.25, -0.2) is 4.39 Å². The van der Waals surface area contributed by atoms with Gasteiger partial charge in [-0.05, 0) is 35.9 Å². The average Bonchev–Trinajstić information content (AvgIpc) is 2.97. The monoisotopic (exact) mass is 392 g/mol. The summed E-state index contributed by atoms with van der Waals surface area (Å²) in [5, 5.41) is 8.39. The molecule has 0 radical (unpaired) electrons. The van der Waals surface area contributed by atoms with Gasteiger partial charge in [0.25, 0.3) is 0 Å². The predicted molar refractivity (Wildman–Crippen MR) is 93.1 cm³/mol. The molecule has 0 bridgehead atoms. The molecule has 0 aliphatic carbocycles. The molecule has 2 unspecified atom stereocenters. The maximum absolute atomic E-state index is 13.5. The molecule has 2 aromatic carbocycles. The van der Waals surface area contributed by atoms with Crippen molar-refractivity contribution in [1.82, 2.24) is 0 Å². The van der Waals surface area contributed by atoms with E-state index in [9.17, 15) is 27.6 Å². The maximum Gasteiger partial charge on any atom is 0.416 e. The van der Waals surface area contributed by atoms with Crippen molar-refractivity contribution in [3.63, 3.8) is 0 Å². The smallest absolute Gasteiger partial charge is 0.393 e. The molecule has 3 nitrogen and oxygen atoms in total. The molecule has 138 valence electrons. The van der Waals surface area contributed by atoms with Crippen molar-refractivity contribution in [1.29, 1.82) is 5.26 Å². The molecule has 27 heavy (non-hydrogen) atoms. The van der Waals surface area contributed by atoms with E-state index in [4.69, 9.17) is 5.73 Å². The number of ketones is 1. The van der Waals surface area contributed by atoms with Gasteiger partial charge >= 0.3 is 6.18 Å². The zero-order valence-electron chi connectivity index (χ0n) is 13.6. The van der Waals surface area contributed by atoms with Gasteiger partial charge in [-0.3, -0.25) is 4.79 Å². The number of thioether (sulfide) groups is 1. The van der Waals surface area contributed by atoms with Crippen molar-refractivity contribution < 1.29 is 22.4 Å². The van der Waals surface area contributed by atoms with E-state index in [0.717, 1.165) is 30.0 Å². The van der Waals surface area contributed by atoms with Crippen LogP contribution >= 0.6 is 11.8 Å². The van der Waals surface area contributed by atoms with Gasteiger partial charge in [-0.15, -0.1) is 0 Å². The van der Waals surface area contributed by atoms with Crippen LogP contribution in [0.15, 0.2) is 59.1 Å². The van der Waals surface area contributed by atoms with Crippen LogP contribution in [-0.4, -0.2) is 11.0 Å². The van der Waals surface area contributed by atoms with E-state index in [1.54, 1.807) is 0 Å². The number of hydrogen-bond acceptors (Lipinski definition) is 4. The quantitative estimate of drug-likeness (QED) is 0.611. The van der Waals surface area contributed by atoms with Gasteiger partial charge in [0.15, 0.2) is 5.78 Å². The number of benzene rings is 2. The zero-order valence-corrected chi connectivity index (χ0v) is 14.4. The van der Waals surface area contributed by atoms with Gasteiger partial charge in [0.2, 0.25) is 0 Å². The Bertz CT molecular complexity index is 961. The van der Waals surface area contributed by atoms with Crippen LogP contribution < -0.4 is 5.73 Å². The predicted octanol–water partition coefficient (Wildman–Crippen LogP) is 4.62. The van der Waals surface area contributed by atoms with Crippen molar-refractivity contribution >= 4 is 17.5 Å². The molecule has 1 aliphatic heterocycles. The second-order valence-electron chi connectivity index (χ2n) is 5.86. The Morgan fingerprint density at radius 2 is 1.74 bits per heavy atom. The van der Waals surface area contributed by atoms with Crippen molar-refractivity contribution in [2.24, 2.45) is 5.73 Å². The number of nitriles is 1. The summed E-state index contributed by atoms with van der Waals surface area (Å²) in [6.07, 6.45) is -4.65. The van der Waals surface area contributed by atoms with E-state index < -0.39 is 34.5 Å². The van der Waals surface area contributed by atoms with Gasteiger partial charge in [0, 0.05) is 11.5 Å². The first-order valence-corrected chi connectivity index (χ1v) is 8.64. The van der Waals surface area contributed by atoms with E-state index in [1.165, 1.54) is 30.3 Å². The van der Waals surface area contributed by atoms with Gasteiger partial charge < -0.3 is 5.73 Å². The van der Waals surface area contributed by atoms with Crippen LogP contribution in [0.4, 0.5) is 17.6 Å². The summed E-state index contributed by atoms with van der Waals surface area (Å²) < 4.78 is 53.5. The summed E-state index contributed by atoms with van der Waals surface area (Å²) >= 11 is 0.852. The number of nitrogens with two attached hydrogens (primary N) is 1. The normalized spacial score (nSPS) is 19.8. The molecule has 0 saturated carbocycles. The lowest BCUT2D eigenvalue weighted by Gasteiger charge is -2.22. The Morgan fingerprint density at radius 1 is 1.11 bits per heavy atom. The summed E-state index contributed by atoms with van der Waals surface area (Å²) in [5.74, 6) is -2.20. The fourth-order valence-corrected chi connectivity index (χ4v) is 4.26. The van der Waals surface area contributed by atoms with Crippen LogP contribution in [0.3, 0.4) is 0 Å². The first-order valence-electron chi connectivity index (χ1n) is 7.76. The number of hydrogen-bond donors (Lipinski definition) is 1. The van der Waals surface area contributed by atoms with Gasteiger partial charge in [0.1, 0.15) is 5.82 Å². The lowest BCUT2D eigenvalue weighted by molar-refractivity contribution is -0.138. The first kappa shape index (κ1) is 19.0. The second-order valence-corrected chi connectivity index (χ2v) is 7.05. The number of rotatable bonds is 3. The van der Waals surface area contributed by atoms with Crippen molar-refractivity contribution in [3.8, 4) is 6.07 Å². The topological polar surface area (TPSA) is 66.9 Å². The minimum Gasteiger partial charge on any atom is -0.393 e. The van der Waals surface area contributed by atoms with E-state index in [0.29, 0.717) is 0 Å². The average molecular weight is 392 g/mol. The molecule has 0 aromatic heterocycles. The fourth-order valence-electron chi connectivity index (χ4n) is 3.03. The van der Waals surface area contributed by atoms with E-state index >= 15 is 0 Å². The number of nitrogens with zero attached hydrogens (tertiary/aromatic N) is 1. The largest absolute Gasteiger partial charge is 0.416 e. The number of alkyl halides is 3. The third kappa shape index (κ3) is 3.55. The molecule has 8 heteroatoms. The van der Waals surface area contributed by atoms with Crippen LogP contribution in [0.1, 0.15) is 27.4 Å². The molecule has 0 saturated heterocycles. The lowest BCUT2D eigenvalue weighted by atomic mass is 9.83. The van der Waals surface area contributed by atoms with Gasteiger partial charge in [-0.2, -0.15) is 18.4 Å². The van der Waals surface area contributed by atoms with Crippen molar-refractivity contribution in [2.75, 3.05) is 0 Å². The lowest BCUT2D eigenvalue weighted by Crippen LogP contribution is -2.25. The number of carbonyl (C=O) groups is 1. The van der Waals surface area contributed by atoms with E-state index in [-0.39, 0.29) is 21.7 Å². The summed E-state index contributed by atoms with van der Waals surface area (Å²) in [5.41, 5.74) is 4.79. The summed E-state index contributed by atoms with van der Waals surface area (Å²) in [4.78, 5) is 12.9. The van der Waals surface area contributed by atoms with Gasteiger partial charge in [-0.1, -0.05) is 30.0 Å². The second kappa shape index (κ2) is 7.08. The Balaban J connectivity index is 2.11. The molecule has 2 N–H and O–H groups in total. The molecular formula is C19H12F4N2OS. The molecule has 0 fully saturated rings. The molecule has 2 atom stereocenters. The molecule has 0 amide bonds. The highest BCUT2D eigenvalue weighted by Crippen LogP contribution is 2.49. The van der Waals surface area contributed by atoms with Crippen LogP contribution in [0, 0.1) is 17.1 Å². The minimum atomic E-state index is -4.65. The number of allylic oxidation sites excluding steroid dienone is 1. The number of Topliss-reactive ketones (excluding diaryl/α,β-unsaturated/α-hetero) is 1. The highest BCUT2D eigenvalue weighted by Gasteiger charge is 2.45. The molecular weight excluding hydrogens is 380 g/mol. The van der Waals surface area contributed by atoms with Crippen LogP contribution in [0.25, 0.3) is 0 Å². The van der Waals surface area contributed by atoms with Crippen LogP contribution in [-0.2, 0) is 6.18 Å².